The predicted octanol–water partition coefficient (Wildman–Crippen LogP) is 2.80. The van der Waals surface area contributed by atoms with Crippen LogP contribution in [-0.2, 0) is 4.79 Å². The number of amides is 1. The second-order valence-corrected chi connectivity index (χ2v) is 5.71. The van der Waals surface area contributed by atoms with Gasteiger partial charge in [0.15, 0.2) is 0 Å². The number of benzene rings is 1. The Hall–Kier alpha value is -1.55. The zero-order valence-electron chi connectivity index (χ0n) is 12.5. The Balaban J connectivity index is 2.00. The van der Waals surface area contributed by atoms with Gasteiger partial charge in [0.25, 0.3) is 0 Å². The maximum Gasteiger partial charge on any atom is 0.231 e. The summed E-state index contributed by atoms with van der Waals surface area (Å²) < 4.78 is 5.59. The highest BCUT2D eigenvalue weighted by molar-refractivity contribution is 5.95. The summed E-state index contributed by atoms with van der Waals surface area (Å²) in [7, 11) is 0. The van der Waals surface area contributed by atoms with Crippen LogP contribution in [0.15, 0.2) is 24.3 Å². The molecule has 0 spiro atoms. The largest absolute Gasteiger partial charge is 0.491 e. The molecule has 1 aliphatic rings. The Kier molecular flexibility index (Phi) is 4.65. The molecule has 1 fully saturated rings. The van der Waals surface area contributed by atoms with Gasteiger partial charge in [-0.3, -0.25) is 4.79 Å². The second-order valence-electron chi connectivity index (χ2n) is 5.71. The molecule has 1 aromatic carbocycles. The van der Waals surface area contributed by atoms with Crippen molar-refractivity contribution >= 4 is 11.6 Å². The van der Waals surface area contributed by atoms with Crippen molar-refractivity contribution in [3.05, 3.63) is 24.3 Å². The molecule has 0 saturated carbocycles. The number of anilines is 1. The molecule has 4 heteroatoms. The molecular formula is C16H24N2O2. The Morgan fingerprint density at radius 1 is 1.40 bits per heavy atom. The first-order valence-electron chi connectivity index (χ1n) is 7.34. The van der Waals surface area contributed by atoms with Gasteiger partial charge in [-0.2, -0.15) is 0 Å². The molecule has 0 radical (unpaired) electrons. The summed E-state index contributed by atoms with van der Waals surface area (Å²) in [5.74, 6) is 0.938. The first-order valence-corrected chi connectivity index (χ1v) is 7.34. The van der Waals surface area contributed by atoms with Crippen LogP contribution in [0, 0.1) is 5.41 Å². The standard InChI is InChI=1S/C16H24N2O2/c1-4-16(9-10-17-11-16)15(19)18-13-5-7-14(8-6-13)20-12(2)3/h5-8,12,17H,4,9-11H2,1-3H3,(H,18,19). The number of carbonyl (C=O) groups is 1. The van der Waals surface area contributed by atoms with Crippen molar-refractivity contribution < 1.29 is 9.53 Å². The fraction of sp³-hybridized carbons (Fsp3) is 0.562. The van der Waals surface area contributed by atoms with E-state index in [0.29, 0.717) is 0 Å². The summed E-state index contributed by atoms with van der Waals surface area (Å²) in [6, 6.07) is 7.56. The molecular weight excluding hydrogens is 252 g/mol. The molecule has 1 unspecified atom stereocenters. The van der Waals surface area contributed by atoms with E-state index in [1.807, 2.05) is 38.1 Å². The molecule has 1 amide bonds. The highest BCUT2D eigenvalue weighted by Gasteiger charge is 2.39. The molecule has 1 saturated heterocycles. The van der Waals surface area contributed by atoms with E-state index in [0.717, 1.165) is 37.4 Å². The quantitative estimate of drug-likeness (QED) is 0.869. The third kappa shape index (κ3) is 3.31. The van der Waals surface area contributed by atoms with Crippen LogP contribution in [0.25, 0.3) is 0 Å². The molecule has 1 heterocycles. The van der Waals surface area contributed by atoms with Crippen molar-refractivity contribution in [3.63, 3.8) is 0 Å². The van der Waals surface area contributed by atoms with Crippen molar-refractivity contribution in [2.75, 3.05) is 18.4 Å². The summed E-state index contributed by atoms with van der Waals surface area (Å²) in [6.45, 7) is 7.75. The van der Waals surface area contributed by atoms with E-state index >= 15 is 0 Å². The van der Waals surface area contributed by atoms with E-state index in [4.69, 9.17) is 4.74 Å². The number of hydrogen-bond donors (Lipinski definition) is 2. The molecule has 0 aliphatic carbocycles. The van der Waals surface area contributed by atoms with Crippen molar-refractivity contribution in [1.29, 1.82) is 0 Å². The number of ether oxygens (including phenoxy) is 1. The Bertz CT molecular complexity index is 448. The number of rotatable bonds is 5. The highest BCUT2D eigenvalue weighted by Crippen LogP contribution is 2.31. The Labute approximate surface area is 120 Å². The summed E-state index contributed by atoms with van der Waals surface area (Å²) in [6.07, 6.45) is 1.92. The fourth-order valence-electron chi connectivity index (χ4n) is 2.55. The molecule has 110 valence electrons. The maximum absolute atomic E-state index is 12.4. The molecule has 1 aromatic rings. The molecule has 0 aromatic heterocycles. The van der Waals surface area contributed by atoms with E-state index in [1.165, 1.54) is 0 Å². The summed E-state index contributed by atoms with van der Waals surface area (Å²) in [5.41, 5.74) is 0.568. The average Bonchev–Trinajstić information content (AvgIpc) is 2.90. The molecule has 0 bridgehead atoms. The van der Waals surface area contributed by atoms with Crippen LogP contribution in [0.3, 0.4) is 0 Å². The van der Waals surface area contributed by atoms with Gasteiger partial charge in [0.05, 0.1) is 11.5 Å². The predicted molar refractivity (Wildman–Crippen MR) is 81.0 cm³/mol. The average molecular weight is 276 g/mol. The van der Waals surface area contributed by atoms with Crippen molar-refractivity contribution in [1.82, 2.24) is 5.32 Å². The number of carbonyl (C=O) groups excluding carboxylic acids is 1. The van der Waals surface area contributed by atoms with Gasteiger partial charge in [0.2, 0.25) is 5.91 Å². The fourth-order valence-corrected chi connectivity index (χ4v) is 2.55. The SMILES string of the molecule is CCC1(C(=O)Nc2ccc(OC(C)C)cc2)CCNC1. The van der Waals surface area contributed by atoms with Gasteiger partial charge in [0, 0.05) is 12.2 Å². The van der Waals surface area contributed by atoms with E-state index < -0.39 is 0 Å². The first-order chi connectivity index (χ1) is 9.55. The van der Waals surface area contributed by atoms with Gasteiger partial charge in [-0.15, -0.1) is 0 Å². The van der Waals surface area contributed by atoms with Crippen LogP contribution in [0.4, 0.5) is 5.69 Å². The third-order valence-corrected chi connectivity index (χ3v) is 3.89. The van der Waals surface area contributed by atoms with Crippen LogP contribution in [0.1, 0.15) is 33.6 Å². The van der Waals surface area contributed by atoms with E-state index in [2.05, 4.69) is 17.6 Å². The Morgan fingerprint density at radius 3 is 2.60 bits per heavy atom. The van der Waals surface area contributed by atoms with E-state index in [9.17, 15) is 4.79 Å². The third-order valence-electron chi connectivity index (χ3n) is 3.89. The van der Waals surface area contributed by atoms with Crippen LogP contribution >= 0.6 is 0 Å². The van der Waals surface area contributed by atoms with Crippen molar-refractivity contribution in [2.45, 2.75) is 39.7 Å². The van der Waals surface area contributed by atoms with Gasteiger partial charge >= 0.3 is 0 Å². The van der Waals surface area contributed by atoms with Gasteiger partial charge < -0.3 is 15.4 Å². The summed E-state index contributed by atoms with van der Waals surface area (Å²) >= 11 is 0. The zero-order chi connectivity index (χ0) is 14.6. The first kappa shape index (κ1) is 14.9. The number of nitrogens with one attached hydrogen (secondary N) is 2. The normalized spacial score (nSPS) is 22.0. The van der Waals surface area contributed by atoms with Crippen LogP contribution in [0.2, 0.25) is 0 Å². The van der Waals surface area contributed by atoms with Crippen molar-refractivity contribution in [3.8, 4) is 5.75 Å². The van der Waals surface area contributed by atoms with E-state index in [-0.39, 0.29) is 17.4 Å². The minimum absolute atomic E-state index is 0.113. The van der Waals surface area contributed by atoms with Gasteiger partial charge in [0.1, 0.15) is 5.75 Å². The van der Waals surface area contributed by atoms with Crippen LogP contribution in [0.5, 0.6) is 5.75 Å². The number of hydrogen-bond acceptors (Lipinski definition) is 3. The van der Waals surface area contributed by atoms with Crippen molar-refractivity contribution in [2.24, 2.45) is 5.41 Å². The lowest BCUT2D eigenvalue weighted by Gasteiger charge is -2.25. The monoisotopic (exact) mass is 276 g/mol. The van der Waals surface area contributed by atoms with Gasteiger partial charge in [-0.25, -0.2) is 0 Å². The summed E-state index contributed by atoms with van der Waals surface area (Å²) in [5, 5.41) is 6.30. The molecule has 20 heavy (non-hydrogen) atoms. The molecule has 2 N–H and O–H groups in total. The van der Waals surface area contributed by atoms with Gasteiger partial charge in [-0.05, 0) is 57.5 Å². The molecule has 1 aliphatic heterocycles. The molecule has 1 atom stereocenters. The Morgan fingerprint density at radius 2 is 2.10 bits per heavy atom. The lowest BCUT2D eigenvalue weighted by molar-refractivity contribution is -0.124. The molecule has 2 rings (SSSR count). The lowest BCUT2D eigenvalue weighted by Crippen LogP contribution is -2.37. The summed E-state index contributed by atoms with van der Waals surface area (Å²) in [4.78, 5) is 12.4. The topological polar surface area (TPSA) is 50.4 Å². The molecule has 4 nitrogen and oxygen atoms in total. The van der Waals surface area contributed by atoms with Gasteiger partial charge in [-0.1, -0.05) is 6.92 Å². The maximum atomic E-state index is 12.4. The minimum Gasteiger partial charge on any atom is -0.491 e. The smallest absolute Gasteiger partial charge is 0.231 e. The van der Waals surface area contributed by atoms with Crippen LogP contribution < -0.4 is 15.4 Å². The minimum atomic E-state index is -0.257. The van der Waals surface area contributed by atoms with Crippen LogP contribution in [-0.4, -0.2) is 25.1 Å². The second kappa shape index (κ2) is 6.27. The zero-order valence-corrected chi connectivity index (χ0v) is 12.5. The lowest BCUT2D eigenvalue weighted by atomic mass is 9.83. The highest BCUT2D eigenvalue weighted by atomic mass is 16.5. The van der Waals surface area contributed by atoms with E-state index in [1.54, 1.807) is 0 Å².